The molecule has 0 unspecified atom stereocenters. The molecule has 0 aliphatic rings. The highest BCUT2D eigenvalue weighted by Crippen LogP contribution is 2.07. The molecule has 6 nitrogen and oxygen atoms in total. The Labute approximate surface area is 125 Å². The van der Waals surface area contributed by atoms with E-state index in [-0.39, 0.29) is 11.8 Å². The molecule has 0 fully saturated rings. The van der Waals surface area contributed by atoms with Crippen molar-refractivity contribution in [3.63, 3.8) is 0 Å². The maximum absolute atomic E-state index is 12.0. The van der Waals surface area contributed by atoms with Gasteiger partial charge < -0.3 is 20.3 Å². The van der Waals surface area contributed by atoms with Crippen molar-refractivity contribution >= 4 is 11.8 Å². The Balaban J connectivity index is 2.47. The molecule has 0 atom stereocenters. The van der Waals surface area contributed by atoms with E-state index < -0.39 is 0 Å². The molecule has 0 aliphatic carbocycles. The van der Waals surface area contributed by atoms with Crippen molar-refractivity contribution in [2.45, 2.75) is 0 Å². The van der Waals surface area contributed by atoms with Crippen LogP contribution in [0.4, 0.5) is 0 Å². The lowest BCUT2D eigenvalue weighted by atomic mass is 10.1. The molecule has 0 bridgehead atoms. The number of ether oxygens (including phenoxy) is 1. The molecule has 21 heavy (non-hydrogen) atoms. The van der Waals surface area contributed by atoms with Crippen LogP contribution < -0.4 is 10.6 Å². The minimum atomic E-state index is -0.183. The molecule has 1 rings (SSSR count). The van der Waals surface area contributed by atoms with Gasteiger partial charge in [-0.25, -0.2) is 0 Å². The first-order valence-corrected chi connectivity index (χ1v) is 6.86. The fourth-order valence-corrected chi connectivity index (χ4v) is 1.72. The fourth-order valence-electron chi connectivity index (χ4n) is 1.72. The average molecular weight is 293 g/mol. The Morgan fingerprint density at radius 1 is 1.14 bits per heavy atom. The molecule has 0 saturated heterocycles. The van der Waals surface area contributed by atoms with Gasteiger partial charge in [0, 0.05) is 52.0 Å². The summed E-state index contributed by atoms with van der Waals surface area (Å²) in [7, 11) is 5.01. The van der Waals surface area contributed by atoms with Crippen LogP contribution in [0.2, 0.25) is 0 Å². The Hall–Kier alpha value is -1.92. The predicted molar refractivity (Wildman–Crippen MR) is 81.5 cm³/mol. The van der Waals surface area contributed by atoms with Crippen LogP contribution in [-0.4, -0.2) is 64.2 Å². The highest BCUT2D eigenvalue weighted by molar-refractivity contribution is 5.99. The second kappa shape index (κ2) is 9.10. The van der Waals surface area contributed by atoms with Gasteiger partial charge in [-0.15, -0.1) is 0 Å². The monoisotopic (exact) mass is 293 g/mol. The molecule has 1 aromatic rings. The number of carbonyl (C=O) groups excluding carboxylic acids is 2. The lowest BCUT2D eigenvalue weighted by molar-refractivity contribution is 0.0827. The van der Waals surface area contributed by atoms with E-state index in [1.807, 2.05) is 0 Å². The Morgan fingerprint density at radius 2 is 1.86 bits per heavy atom. The number of nitrogens with one attached hydrogen (secondary N) is 2. The second-order valence-electron chi connectivity index (χ2n) is 4.78. The molecule has 0 heterocycles. The smallest absolute Gasteiger partial charge is 0.253 e. The molecular weight excluding hydrogens is 270 g/mol. The third-order valence-electron chi connectivity index (χ3n) is 2.85. The third-order valence-corrected chi connectivity index (χ3v) is 2.85. The van der Waals surface area contributed by atoms with Crippen LogP contribution in [0.25, 0.3) is 0 Å². The van der Waals surface area contributed by atoms with Crippen molar-refractivity contribution in [1.29, 1.82) is 0 Å². The van der Waals surface area contributed by atoms with Gasteiger partial charge in [0.05, 0.1) is 6.61 Å². The van der Waals surface area contributed by atoms with Crippen LogP contribution in [-0.2, 0) is 4.74 Å². The van der Waals surface area contributed by atoms with E-state index in [0.717, 1.165) is 6.54 Å². The van der Waals surface area contributed by atoms with Crippen molar-refractivity contribution in [2.75, 3.05) is 47.4 Å². The van der Waals surface area contributed by atoms with Crippen molar-refractivity contribution in [3.05, 3.63) is 35.4 Å². The lowest BCUT2D eigenvalue weighted by Gasteiger charge is -2.11. The minimum absolute atomic E-state index is 0.120. The normalized spacial score (nSPS) is 10.2. The number of methoxy groups -OCH3 is 1. The Morgan fingerprint density at radius 3 is 2.52 bits per heavy atom. The molecular formula is C15H23N3O3. The maximum Gasteiger partial charge on any atom is 0.253 e. The number of hydrogen-bond acceptors (Lipinski definition) is 4. The molecule has 0 spiro atoms. The van der Waals surface area contributed by atoms with Crippen LogP contribution in [0.5, 0.6) is 0 Å². The van der Waals surface area contributed by atoms with Crippen LogP contribution in [0.15, 0.2) is 24.3 Å². The van der Waals surface area contributed by atoms with E-state index >= 15 is 0 Å². The summed E-state index contributed by atoms with van der Waals surface area (Å²) in [6.07, 6.45) is 0. The summed E-state index contributed by atoms with van der Waals surface area (Å²) >= 11 is 0. The molecule has 6 heteroatoms. The van der Waals surface area contributed by atoms with Crippen LogP contribution >= 0.6 is 0 Å². The lowest BCUT2D eigenvalue weighted by Crippen LogP contribution is -2.33. The van der Waals surface area contributed by atoms with Gasteiger partial charge in [-0.2, -0.15) is 0 Å². The molecule has 2 amide bonds. The van der Waals surface area contributed by atoms with Gasteiger partial charge in [-0.05, 0) is 18.2 Å². The van der Waals surface area contributed by atoms with Gasteiger partial charge in [-0.1, -0.05) is 6.07 Å². The van der Waals surface area contributed by atoms with Gasteiger partial charge in [0.1, 0.15) is 0 Å². The maximum atomic E-state index is 12.0. The molecule has 1 aromatic carbocycles. The number of amides is 2. The standard InChI is InChI=1S/C15H23N3O3/c1-18(2)15(20)13-6-4-5-12(11-13)14(19)17-8-7-16-9-10-21-3/h4-6,11,16H,7-10H2,1-3H3,(H,17,19). The molecule has 116 valence electrons. The van der Waals surface area contributed by atoms with Gasteiger partial charge in [0.15, 0.2) is 0 Å². The fraction of sp³-hybridized carbons (Fsp3) is 0.467. The van der Waals surface area contributed by atoms with E-state index in [2.05, 4.69) is 10.6 Å². The van der Waals surface area contributed by atoms with Crippen molar-refractivity contribution in [3.8, 4) is 0 Å². The summed E-state index contributed by atoms with van der Waals surface area (Å²) in [6, 6.07) is 6.71. The highest BCUT2D eigenvalue weighted by atomic mass is 16.5. The molecule has 2 N–H and O–H groups in total. The summed E-state index contributed by atoms with van der Waals surface area (Å²) in [5.74, 6) is -0.303. The number of rotatable bonds is 8. The zero-order chi connectivity index (χ0) is 15.7. The third kappa shape index (κ3) is 5.93. The van der Waals surface area contributed by atoms with Gasteiger partial charge in [0.2, 0.25) is 0 Å². The van der Waals surface area contributed by atoms with Crippen LogP contribution in [0.3, 0.4) is 0 Å². The predicted octanol–water partition coefficient (Wildman–Crippen LogP) is 0.354. The van der Waals surface area contributed by atoms with E-state index in [9.17, 15) is 9.59 Å². The van der Waals surface area contributed by atoms with E-state index in [1.165, 1.54) is 4.90 Å². The van der Waals surface area contributed by atoms with E-state index in [4.69, 9.17) is 4.74 Å². The summed E-state index contributed by atoms with van der Waals surface area (Å²) in [4.78, 5) is 25.3. The van der Waals surface area contributed by atoms with E-state index in [1.54, 1.807) is 45.5 Å². The molecule has 0 saturated carbocycles. The van der Waals surface area contributed by atoms with Gasteiger partial charge in [0.25, 0.3) is 11.8 Å². The first kappa shape index (κ1) is 17.1. The molecule has 0 radical (unpaired) electrons. The minimum Gasteiger partial charge on any atom is -0.383 e. The summed E-state index contributed by atoms with van der Waals surface area (Å²) in [5.41, 5.74) is 0.991. The van der Waals surface area contributed by atoms with Crippen LogP contribution in [0, 0.1) is 0 Å². The number of hydrogen-bond donors (Lipinski definition) is 2. The number of benzene rings is 1. The largest absolute Gasteiger partial charge is 0.383 e. The number of nitrogens with zero attached hydrogens (tertiary/aromatic N) is 1. The SMILES string of the molecule is COCCNCCNC(=O)c1cccc(C(=O)N(C)C)c1. The summed E-state index contributed by atoms with van der Waals surface area (Å²) in [6.45, 7) is 2.58. The zero-order valence-electron chi connectivity index (χ0n) is 12.8. The first-order chi connectivity index (χ1) is 10.1. The van der Waals surface area contributed by atoms with E-state index in [0.29, 0.717) is 30.8 Å². The Bertz CT molecular complexity index is 475. The summed E-state index contributed by atoms with van der Waals surface area (Å²) in [5, 5.41) is 5.94. The van der Waals surface area contributed by atoms with Crippen molar-refractivity contribution in [2.24, 2.45) is 0 Å². The average Bonchev–Trinajstić information content (AvgIpc) is 2.49. The van der Waals surface area contributed by atoms with Gasteiger partial charge in [-0.3, -0.25) is 9.59 Å². The summed E-state index contributed by atoms with van der Waals surface area (Å²) < 4.78 is 4.91. The number of carbonyl (C=O) groups is 2. The zero-order valence-corrected chi connectivity index (χ0v) is 12.8. The Kier molecular flexibility index (Phi) is 7.42. The van der Waals surface area contributed by atoms with Crippen LogP contribution in [0.1, 0.15) is 20.7 Å². The van der Waals surface area contributed by atoms with Gasteiger partial charge >= 0.3 is 0 Å². The molecule has 0 aliphatic heterocycles. The second-order valence-corrected chi connectivity index (χ2v) is 4.78. The first-order valence-electron chi connectivity index (χ1n) is 6.86. The molecule has 0 aromatic heterocycles. The quantitative estimate of drug-likeness (QED) is 0.679. The van der Waals surface area contributed by atoms with Crippen molar-refractivity contribution < 1.29 is 14.3 Å². The topological polar surface area (TPSA) is 70.7 Å². The highest BCUT2D eigenvalue weighted by Gasteiger charge is 2.11. The van der Waals surface area contributed by atoms with Crippen molar-refractivity contribution in [1.82, 2.24) is 15.5 Å².